The molecule has 0 fully saturated rings. The van der Waals surface area contributed by atoms with Crippen molar-refractivity contribution in [2.24, 2.45) is 0 Å². The van der Waals surface area contributed by atoms with Gasteiger partial charge in [0.05, 0.1) is 15.5 Å². The van der Waals surface area contributed by atoms with E-state index < -0.39 is 4.92 Å². The van der Waals surface area contributed by atoms with Gasteiger partial charge in [-0.15, -0.1) is 23.1 Å². The van der Waals surface area contributed by atoms with Gasteiger partial charge in [0.15, 0.2) is 10.7 Å². The molecule has 0 radical (unpaired) electrons. The number of aromatic nitrogens is 2. The van der Waals surface area contributed by atoms with Gasteiger partial charge in [0.2, 0.25) is 0 Å². The smallest absolute Gasteiger partial charge is 0.283 e. The number of benzene rings is 1. The molecular formula is C15H11N3O4S2. The lowest BCUT2D eigenvalue weighted by Crippen LogP contribution is -2.12. The fourth-order valence-electron chi connectivity index (χ4n) is 2.11. The number of rotatable bonds is 5. The van der Waals surface area contributed by atoms with E-state index in [1.165, 1.54) is 46.6 Å². The topological polar surface area (TPSA) is 94.6 Å². The van der Waals surface area contributed by atoms with Gasteiger partial charge >= 0.3 is 0 Å². The van der Waals surface area contributed by atoms with Gasteiger partial charge in [0.25, 0.3) is 11.2 Å². The first kappa shape index (κ1) is 16.3. The number of hydrogen-bond acceptors (Lipinski definition) is 7. The standard InChI is InChI=1S/C15H11N3O4S2/c1-9(19)10-2-3-13(12(6-10)18(21)22)24-8-11-7-14(20)17-4-5-23-15(17)16-11/h2-7H,8H2,1H3. The number of nitro benzene ring substituents is 1. The van der Waals surface area contributed by atoms with E-state index >= 15 is 0 Å². The maximum Gasteiger partial charge on any atom is 0.283 e. The molecule has 3 aromatic rings. The monoisotopic (exact) mass is 361 g/mol. The molecule has 9 heteroatoms. The zero-order chi connectivity index (χ0) is 17.3. The second-order valence-electron chi connectivity index (χ2n) is 4.93. The minimum Gasteiger partial charge on any atom is -0.295 e. The first-order valence-electron chi connectivity index (χ1n) is 6.83. The molecule has 2 aromatic heterocycles. The summed E-state index contributed by atoms with van der Waals surface area (Å²) in [4.78, 5) is 39.4. The van der Waals surface area contributed by atoms with Gasteiger partial charge in [-0.1, -0.05) is 0 Å². The Kier molecular flexibility index (Phi) is 4.45. The Hall–Kier alpha value is -2.52. The van der Waals surface area contributed by atoms with Crippen LogP contribution in [-0.2, 0) is 5.75 Å². The summed E-state index contributed by atoms with van der Waals surface area (Å²) in [6.07, 6.45) is 1.65. The minimum absolute atomic E-state index is 0.123. The highest BCUT2D eigenvalue weighted by Crippen LogP contribution is 2.32. The third kappa shape index (κ3) is 3.22. The highest BCUT2D eigenvalue weighted by Gasteiger charge is 2.17. The van der Waals surface area contributed by atoms with E-state index in [0.29, 0.717) is 26.9 Å². The molecule has 1 aromatic carbocycles. The molecule has 0 aliphatic heterocycles. The molecule has 0 N–H and O–H groups in total. The number of hydrogen-bond donors (Lipinski definition) is 0. The summed E-state index contributed by atoms with van der Waals surface area (Å²) in [5.41, 5.74) is 0.541. The number of carbonyl (C=O) groups is 1. The maximum atomic E-state index is 11.9. The van der Waals surface area contributed by atoms with Gasteiger partial charge in [-0.2, -0.15) is 0 Å². The van der Waals surface area contributed by atoms with Gasteiger partial charge < -0.3 is 0 Å². The van der Waals surface area contributed by atoms with Crippen molar-refractivity contribution < 1.29 is 9.72 Å². The number of ketones is 1. The molecule has 122 valence electrons. The Balaban J connectivity index is 1.89. The molecule has 0 bridgehead atoms. The summed E-state index contributed by atoms with van der Waals surface area (Å²) in [5, 5.41) is 13.0. The number of thioether (sulfide) groups is 1. The van der Waals surface area contributed by atoms with Crippen molar-refractivity contribution in [3.8, 4) is 0 Å². The minimum atomic E-state index is -0.514. The number of Topliss-reactive ketones (excluding diaryl/α,β-unsaturated/α-hetero) is 1. The predicted molar refractivity (Wildman–Crippen MR) is 92.0 cm³/mol. The second-order valence-corrected chi connectivity index (χ2v) is 6.82. The van der Waals surface area contributed by atoms with Gasteiger partial charge in [0, 0.05) is 35.0 Å². The normalized spacial score (nSPS) is 10.9. The number of carbonyl (C=O) groups excluding carboxylic acids is 1. The Bertz CT molecular complexity index is 1010. The molecule has 0 saturated heterocycles. The first-order valence-corrected chi connectivity index (χ1v) is 8.70. The number of nitro groups is 1. The maximum absolute atomic E-state index is 11.9. The van der Waals surface area contributed by atoms with E-state index in [-0.39, 0.29) is 17.0 Å². The lowest BCUT2D eigenvalue weighted by atomic mass is 10.1. The molecule has 0 unspecified atom stereocenters. The summed E-state index contributed by atoms with van der Waals surface area (Å²) < 4.78 is 1.45. The Labute approximate surface area is 144 Å². The van der Waals surface area contributed by atoms with E-state index in [0.717, 1.165) is 0 Å². The van der Waals surface area contributed by atoms with Crippen LogP contribution in [0.3, 0.4) is 0 Å². The van der Waals surface area contributed by atoms with Crippen LogP contribution in [0.1, 0.15) is 23.0 Å². The average molecular weight is 361 g/mol. The van der Waals surface area contributed by atoms with Gasteiger partial charge in [-0.25, -0.2) is 4.98 Å². The number of nitrogens with zero attached hydrogens (tertiary/aromatic N) is 3. The molecule has 0 atom stereocenters. The summed E-state index contributed by atoms with van der Waals surface area (Å²) in [5.74, 6) is 0.0941. The molecule has 0 aliphatic rings. The van der Waals surface area contributed by atoms with E-state index in [2.05, 4.69) is 4.98 Å². The van der Waals surface area contributed by atoms with Crippen molar-refractivity contribution in [2.75, 3.05) is 0 Å². The summed E-state index contributed by atoms with van der Waals surface area (Å²) >= 11 is 2.56. The van der Waals surface area contributed by atoms with Crippen molar-refractivity contribution in [3.05, 3.63) is 67.6 Å². The molecule has 24 heavy (non-hydrogen) atoms. The molecule has 0 spiro atoms. The van der Waals surface area contributed by atoms with E-state index in [1.54, 1.807) is 23.7 Å². The van der Waals surface area contributed by atoms with Crippen LogP contribution in [-0.4, -0.2) is 20.1 Å². The zero-order valence-corrected chi connectivity index (χ0v) is 14.1. The van der Waals surface area contributed by atoms with Gasteiger partial charge in [-0.05, 0) is 19.1 Å². The molecule has 0 amide bonds. The Morgan fingerprint density at radius 1 is 1.42 bits per heavy atom. The van der Waals surface area contributed by atoms with Gasteiger partial charge in [0.1, 0.15) is 0 Å². The molecular weight excluding hydrogens is 350 g/mol. The van der Waals surface area contributed by atoms with Crippen LogP contribution in [0.4, 0.5) is 5.69 Å². The molecule has 7 nitrogen and oxygen atoms in total. The van der Waals surface area contributed by atoms with Crippen molar-refractivity contribution >= 4 is 39.5 Å². The molecule has 0 saturated carbocycles. The summed E-state index contributed by atoms with van der Waals surface area (Å²) in [6.45, 7) is 1.36. The average Bonchev–Trinajstić information content (AvgIpc) is 3.01. The predicted octanol–water partition coefficient (Wildman–Crippen LogP) is 3.16. The second kappa shape index (κ2) is 6.54. The van der Waals surface area contributed by atoms with Crippen LogP contribution < -0.4 is 5.56 Å². The van der Waals surface area contributed by atoms with E-state index in [4.69, 9.17) is 0 Å². The fourth-order valence-corrected chi connectivity index (χ4v) is 3.75. The van der Waals surface area contributed by atoms with Crippen LogP contribution in [0.15, 0.2) is 45.5 Å². The third-order valence-electron chi connectivity index (χ3n) is 3.29. The quantitative estimate of drug-likeness (QED) is 0.300. The molecule has 0 aliphatic carbocycles. The fraction of sp³-hybridized carbons (Fsp3) is 0.133. The van der Waals surface area contributed by atoms with Gasteiger partial charge in [-0.3, -0.25) is 24.1 Å². The van der Waals surface area contributed by atoms with E-state index in [9.17, 15) is 19.7 Å². The van der Waals surface area contributed by atoms with E-state index in [1.807, 2.05) is 0 Å². The zero-order valence-electron chi connectivity index (χ0n) is 12.5. The van der Waals surface area contributed by atoms with Crippen molar-refractivity contribution in [2.45, 2.75) is 17.6 Å². The largest absolute Gasteiger partial charge is 0.295 e. The van der Waals surface area contributed by atoms with Crippen molar-refractivity contribution in [1.82, 2.24) is 9.38 Å². The van der Waals surface area contributed by atoms with Crippen LogP contribution in [0, 0.1) is 10.1 Å². The Morgan fingerprint density at radius 2 is 2.21 bits per heavy atom. The van der Waals surface area contributed by atoms with Crippen LogP contribution in [0.25, 0.3) is 4.96 Å². The number of fused-ring (bicyclic) bond motifs is 1. The lowest BCUT2D eigenvalue weighted by molar-refractivity contribution is -0.387. The highest BCUT2D eigenvalue weighted by molar-refractivity contribution is 7.98. The highest BCUT2D eigenvalue weighted by atomic mass is 32.2. The summed E-state index contributed by atoms with van der Waals surface area (Å²) in [6, 6.07) is 5.80. The molecule has 2 heterocycles. The van der Waals surface area contributed by atoms with Crippen molar-refractivity contribution in [3.63, 3.8) is 0 Å². The van der Waals surface area contributed by atoms with Crippen LogP contribution in [0.5, 0.6) is 0 Å². The van der Waals surface area contributed by atoms with Crippen molar-refractivity contribution in [1.29, 1.82) is 0 Å². The van der Waals surface area contributed by atoms with Crippen LogP contribution in [0.2, 0.25) is 0 Å². The first-order chi connectivity index (χ1) is 11.5. The SMILES string of the molecule is CC(=O)c1ccc(SCc2cc(=O)n3ccsc3n2)c([N+](=O)[O-])c1. The molecule has 3 rings (SSSR count). The lowest BCUT2D eigenvalue weighted by Gasteiger charge is -2.04. The number of thiazole rings is 1. The third-order valence-corrected chi connectivity index (χ3v) is 5.15. The summed E-state index contributed by atoms with van der Waals surface area (Å²) in [7, 11) is 0. The van der Waals surface area contributed by atoms with Crippen LogP contribution >= 0.6 is 23.1 Å². The Morgan fingerprint density at radius 3 is 2.92 bits per heavy atom.